The van der Waals surface area contributed by atoms with Gasteiger partial charge < -0.3 is 9.64 Å². The van der Waals surface area contributed by atoms with E-state index in [2.05, 4.69) is 22.0 Å². The Bertz CT molecular complexity index is 368. The lowest BCUT2D eigenvalue weighted by atomic mass is 9.97. The predicted octanol–water partition coefficient (Wildman–Crippen LogP) is 3.40. The summed E-state index contributed by atoms with van der Waals surface area (Å²) >= 11 is 0. The number of pyridine rings is 1. The molecular weight excluding hydrogens is 236 g/mol. The van der Waals surface area contributed by atoms with Crippen LogP contribution in [0.15, 0.2) is 24.4 Å². The molecule has 3 rings (SSSR count). The van der Waals surface area contributed by atoms with Gasteiger partial charge in [-0.05, 0) is 37.8 Å². The van der Waals surface area contributed by atoms with E-state index in [1.54, 1.807) is 0 Å². The van der Waals surface area contributed by atoms with Crippen molar-refractivity contribution < 1.29 is 4.74 Å². The Labute approximate surface area is 116 Å². The number of ether oxygens (including phenoxy) is 1. The summed E-state index contributed by atoms with van der Waals surface area (Å²) < 4.78 is 6.27. The van der Waals surface area contributed by atoms with Gasteiger partial charge in [0, 0.05) is 19.3 Å². The summed E-state index contributed by atoms with van der Waals surface area (Å²) in [6.45, 7) is 2.16. The fraction of sp³-hybridized carbons (Fsp3) is 0.688. The lowest BCUT2D eigenvalue weighted by molar-refractivity contribution is -0.0395. The molecule has 1 aromatic rings. The standard InChI is InChI=1S/C16H24N2O/c1-2-6-14(7-3-1)19-15-9-12-18(13-10-15)16-8-4-5-11-17-16/h4-5,8,11,14-15H,1-3,6-7,9-10,12-13H2. The van der Waals surface area contributed by atoms with Crippen molar-refractivity contribution in [3.05, 3.63) is 24.4 Å². The van der Waals surface area contributed by atoms with E-state index in [9.17, 15) is 0 Å². The molecule has 19 heavy (non-hydrogen) atoms. The zero-order valence-electron chi connectivity index (χ0n) is 11.6. The van der Waals surface area contributed by atoms with Crippen LogP contribution in [-0.2, 0) is 4.74 Å². The fourth-order valence-corrected chi connectivity index (χ4v) is 3.24. The summed E-state index contributed by atoms with van der Waals surface area (Å²) in [6, 6.07) is 6.14. The minimum Gasteiger partial charge on any atom is -0.375 e. The molecule has 0 unspecified atom stereocenters. The topological polar surface area (TPSA) is 25.4 Å². The lowest BCUT2D eigenvalue weighted by Gasteiger charge is -2.35. The molecule has 3 nitrogen and oxygen atoms in total. The maximum absolute atomic E-state index is 6.27. The average Bonchev–Trinajstić information content (AvgIpc) is 2.50. The quantitative estimate of drug-likeness (QED) is 0.833. The zero-order chi connectivity index (χ0) is 12.9. The van der Waals surface area contributed by atoms with Crippen molar-refractivity contribution in [1.82, 2.24) is 4.98 Å². The Morgan fingerprint density at radius 3 is 2.37 bits per heavy atom. The van der Waals surface area contributed by atoms with E-state index in [4.69, 9.17) is 4.74 Å². The monoisotopic (exact) mass is 260 g/mol. The molecule has 0 aromatic carbocycles. The third kappa shape index (κ3) is 3.47. The molecule has 0 radical (unpaired) electrons. The highest BCUT2D eigenvalue weighted by Gasteiger charge is 2.24. The van der Waals surface area contributed by atoms with Crippen molar-refractivity contribution in [2.45, 2.75) is 57.2 Å². The second kappa shape index (κ2) is 6.38. The zero-order valence-corrected chi connectivity index (χ0v) is 11.6. The molecular formula is C16H24N2O. The maximum atomic E-state index is 6.27. The molecule has 0 atom stereocenters. The number of piperidine rings is 1. The van der Waals surface area contributed by atoms with Gasteiger partial charge in [0.1, 0.15) is 5.82 Å². The normalized spacial score (nSPS) is 22.6. The van der Waals surface area contributed by atoms with E-state index in [0.29, 0.717) is 12.2 Å². The van der Waals surface area contributed by atoms with Gasteiger partial charge >= 0.3 is 0 Å². The van der Waals surface area contributed by atoms with Gasteiger partial charge in [-0.25, -0.2) is 4.98 Å². The SMILES string of the molecule is c1ccc(N2CCC(OC3CCCCC3)CC2)nc1. The number of rotatable bonds is 3. The third-order valence-electron chi connectivity index (χ3n) is 4.35. The van der Waals surface area contributed by atoms with Crippen LogP contribution >= 0.6 is 0 Å². The van der Waals surface area contributed by atoms with Gasteiger partial charge in [0.15, 0.2) is 0 Å². The van der Waals surface area contributed by atoms with Crippen molar-refractivity contribution in [2.24, 2.45) is 0 Å². The van der Waals surface area contributed by atoms with Crippen molar-refractivity contribution in [3.8, 4) is 0 Å². The van der Waals surface area contributed by atoms with E-state index < -0.39 is 0 Å². The average molecular weight is 260 g/mol. The Morgan fingerprint density at radius 1 is 0.947 bits per heavy atom. The molecule has 3 heteroatoms. The minimum absolute atomic E-state index is 0.475. The van der Waals surface area contributed by atoms with E-state index >= 15 is 0 Å². The van der Waals surface area contributed by atoms with E-state index in [-0.39, 0.29) is 0 Å². The van der Waals surface area contributed by atoms with Crippen molar-refractivity contribution in [3.63, 3.8) is 0 Å². The van der Waals surface area contributed by atoms with Gasteiger partial charge in [-0.2, -0.15) is 0 Å². The van der Waals surface area contributed by atoms with E-state index in [0.717, 1.165) is 31.7 Å². The highest BCUT2D eigenvalue weighted by atomic mass is 16.5. The molecule has 0 bridgehead atoms. The van der Waals surface area contributed by atoms with Gasteiger partial charge in [0.25, 0.3) is 0 Å². The maximum Gasteiger partial charge on any atom is 0.128 e. The first-order valence-electron chi connectivity index (χ1n) is 7.73. The molecule has 104 valence electrons. The van der Waals surface area contributed by atoms with Crippen LogP contribution in [0.3, 0.4) is 0 Å². The van der Waals surface area contributed by atoms with Crippen LogP contribution in [0, 0.1) is 0 Å². The van der Waals surface area contributed by atoms with Crippen molar-refractivity contribution >= 4 is 5.82 Å². The summed E-state index contributed by atoms with van der Waals surface area (Å²) in [4.78, 5) is 6.80. The van der Waals surface area contributed by atoms with Crippen molar-refractivity contribution in [1.29, 1.82) is 0 Å². The smallest absolute Gasteiger partial charge is 0.128 e. The molecule has 1 saturated carbocycles. The number of nitrogens with zero attached hydrogens (tertiary/aromatic N) is 2. The summed E-state index contributed by atoms with van der Waals surface area (Å²) in [7, 11) is 0. The second-order valence-electron chi connectivity index (χ2n) is 5.77. The summed E-state index contributed by atoms with van der Waals surface area (Å²) in [5.41, 5.74) is 0. The highest BCUT2D eigenvalue weighted by molar-refractivity contribution is 5.38. The Balaban J connectivity index is 1.46. The van der Waals surface area contributed by atoms with Gasteiger partial charge in [0.2, 0.25) is 0 Å². The van der Waals surface area contributed by atoms with Gasteiger partial charge in [-0.15, -0.1) is 0 Å². The molecule has 1 aliphatic carbocycles. The van der Waals surface area contributed by atoms with Gasteiger partial charge in [-0.1, -0.05) is 25.3 Å². The van der Waals surface area contributed by atoms with Crippen LogP contribution in [0.25, 0.3) is 0 Å². The highest BCUT2D eigenvalue weighted by Crippen LogP contribution is 2.25. The Hall–Kier alpha value is -1.09. The predicted molar refractivity (Wildman–Crippen MR) is 77.4 cm³/mol. The molecule has 2 fully saturated rings. The van der Waals surface area contributed by atoms with Crippen molar-refractivity contribution in [2.75, 3.05) is 18.0 Å². The number of anilines is 1. The molecule has 1 aromatic heterocycles. The molecule has 0 amide bonds. The van der Waals surface area contributed by atoms with Crippen LogP contribution in [0.2, 0.25) is 0 Å². The van der Waals surface area contributed by atoms with Crippen LogP contribution in [0.4, 0.5) is 5.82 Å². The summed E-state index contributed by atoms with van der Waals surface area (Å²) in [6.07, 6.45) is 11.9. The summed E-state index contributed by atoms with van der Waals surface area (Å²) in [5, 5.41) is 0. The second-order valence-corrected chi connectivity index (χ2v) is 5.77. The Morgan fingerprint density at radius 2 is 1.68 bits per heavy atom. The third-order valence-corrected chi connectivity index (χ3v) is 4.35. The molecule has 1 saturated heterocycles. The van der Waals surface area contributed by atoms with Crippen LogP contribution in [0.5, 0.6) is 0 Å². The van der Waals surface area contributed by atoms with Crippen LogP contribution in [0.1, 0.15) is 44.9 Å². The first-order chi connectivity index (χ1) is 9.42. The largest absolute Gasteiger partial charge is 0.375 e. The molecule has 1 aliphatic heterocycles. The van der Waals surface area contributed by atoms with E-state index in [1.165, 1.54) is 32.1 Å². The number of aromatic nitrogens is 1. The summed E-state index contributed by atoms with van der Waals surface area (Å²) in [5.74, 6) is 1.11. The van der Waals surface area contributed by atoms with Gasteiger partial charge in [-0.3, -0.25) is 0 Å². The Kier molecular flexibility index (Phi) is 4.34. The lowest BCUT2D eigenvalue weighted by Crippen LogP contribution is -2.39. The molecule has 0 N–H and O–H groups in total. The number of hydrogen-bond donors (Lipinski definition) is 0. The van der Waals surface area contributed by atoms with Gasteiger partial charge in [0.05, 0.1) is 12.2 Å². The van der Waals surface area contributed by atoms with Crippen LogP contribution in [-0.4, -0.2) is 30.3 Å². The number of hydrogen-bond acceptors (Lipinski definition) is 3. The minimum atomic E-state index is 0.475. The molecule has 2 aliphatic rings. The molecule has 2 heterocycles. The van der Waals surface area contributed by atoms with Crippen LogP contribution < -0.4 is 4.90 Å². The fourth-order valence-electron chi connectivity index (χ4n) is 3.24. The first kappa shape index (κ1) is 12.9. The van der Waals surface area contributed by atoms with E-state index in [1.807, 2.05) is 12.3 Å². The first-order valence-corrected chi connectivity index (χ1v) is 7.73. The molecule has 0 spiro atoms.